The molecule has 1 N–H and O–H groups in total. The highest BCUT2D eigenvalue weighted by Crippen LogP contribution is 2.24. The molecule has 3 aromatic rings. The largest absolute Gasteiger partial charge is 0.497 e. The Morgan fingerprint density at radius 1 is 1.08 bits per heavy atom. The molecule has 0 aliphatic heterocycles. The molecule has 5 heteroatoms. The quantitative estimate of drug-likeness (QED) is 0.658. The molecular formula is C21H24N2O3. The highest BCUT2D eigenvalue weighted by atomic mass is 16.5. The number of carbonyl (C=O) groups is 1. The van der Waals surface area contributed by atoms with Crippen molar-refractivity contribution in [2.75, 3.05) is 20.8 Å². The summed E-state index contributed by atoms with van der Waals surface area (Å²) in [5.74, 6) is 1.03. The molecule has 0 aliphatic carbocycles. The first-order chi connectivity index (χ1) is 12.6. The topological polar surface area (TPSA) is 52.5 Å². The lowest BCUT2D eigenvalue weighted by Gasteiger charge is -2.12. The van der Waals surface area contributed by atoms with E-state index in [1.807, 2.05) is 0 Å². The van der Waals surface area contributed by atoms with Crippen molar-refractivity contribution in [1.82, 2.24) is 9.88 Å². The molecule has 1 heterocycles. The number of aryl methyl sites for hydroxylation is 2. The van der Waals surface area contributed by atoms with Gasteiger partial charge in [0.25, 0.3) is 5.91 Å². The summed E-state index contributed by atoms with van der Waals surface area (Å²) in [5.41, 5.74) is 2.97. The molecule has 5 nitrogen and oxygen atoms in total. The SMILES string of the molecule is COc1ccc(C(=O)NCCCn2c(C)cc3ccccc32)c(OC)c1. The van der Waals surface area contributed by atoms with E-state index < -0.39 is 0 Å². The molecule has 3 rings (SSSR count). The van der Waals surface area contributed by atoms with Gasteiger partial charge in [-0.3, -0.25) is 4.79 Å². The van der Waals surface area contributed by atoms with Crippen molar-refractivity contribution in [3.05, 3.63) is 59.8 Å². The molecule has 1 amide bonds. The number of hydrogen-bond acceptors (Lipinski definition) is 3. The lowest BCUT2D eigenvalue weighted by molar-refractivity contribution is 0.0949. The molecule has 0 saturated carbocycles. The van der Waals surface area contributed by atoms with E-state index in [0.717, 1.165) is 13.0 Å². The van der Waals surface area contributed by atoms with Gasteiger partial charge in [0, 0.05) is 30.4 Å². The van der Waals surface area contributed by atoms with Crippen molar-refractivity contribution in [3.63, 3.8) is 0 Å². The second kappa shape index (κ2) is 7.95. The van der Waals surface area contributed by atoms with Gasteiger partial charge in [0.1, 0.15) is 11.5 Å². The molecule has 136 valence electrons. The number of fused-ring (bicyclic) bond motifs is 1. The molecule has 0 aliphatic rings. The van der Waals surface area contributed by atoms with E-state index in [0.29, 0.717) is 23.6 Å². The fourth-order valence-corrected chi connectivity index (χ4v) is 3.17. The number of para-hydroxylation sites is 1. The summed E-state index contributed by atoms with van der Waals surface area (Å²) in [5, 5.41) is 4.22. The Morgan fingerprint density at radius 3 is 2.65 bits per heavy atom. The predicted octanol–water partition coefficient (Wildman–Crippen LogP) is 3.79. The van der Waals surface area contributed by atoms with Gasteiger partial charge < -0.3 is 19.4 Å². The van der Waals surface area contributed by atoms with E-state index in [9.17, 15) is 4.79 Å². The maximum absolute atomic E-state index is 12.4. The number of rotatable bonds is 7. The number of benzene rings is 2. The molecular weight excluding hydrogens is 328 g/mol. The van der Waals surface area contributed by atoms with Crippen LogP contribution in [0, 0.1) is 6.92 Å². The van der Waals surface area contributed by atoms with Crippen LogP contribution < -0.4 is 14.8 Å². The smallest absolute Gasteiger partial charge is 0.255 e. The Balaban J connectivity index is 1.60. The van der Waals surface area contributed by atoms with Crippen LogP contribution in [0.4, 0.5) is 0 Å². The third-order valence-electron chi connectivity index (χ3n) is 4.52. The monoisotopic (exact) mass is 352 g/mol. The lowest BCUT2D eigenvalue weighted by Crippen LogP contribution is -2.25. The van der Waals surface area contributed by atoms with Crippen molar-refractivity contribution < 1.29 is 14.3 Å². The van der Waals surface area contributed by atoms with Crippen LogP contribution in [0.3, 0.4) is 0 Å². The number of ether oxygens (including phenoxy) is 2. The number of carbonyl (C=O) groups excluding carboxylic acids is 1. The maximum atomic E-state index is 12.4. The number of methoxy groups -OCH3 is 2. The van der Waals surface area contributed by atoms with Gasteiger partial charge in [0.2, 0.25) is 0 Å². The Morgan fingerprint density at radius 2 is 1.88 bits per heavy atom. The molecule has 0 unspecified atom stereocenters. The first kappa shape index (κ1) is 17.9. The van der Waals surface area contributed by atoms with E-state index >= 15 is 0 Å². The first-order valence-corrected chi connectivity index (χ1v) is 8.69. The van der Waals surface area contributed by atoms with E-state index in [2.05, 4.69) is 47.1 Å². The highest BCUT2D eigenvalue weighted by Gasteiger charge is 2.13. The van der Waals surface area contributed by atoms with Gasteiger partial charge in [0.05, 0.1) is 19.8 Å². The fraction of sp³-hybridized carbons (Fsp3) is 0.286. The van der Waals surface area contributed by atoms with Crippen molar-refractivity contribution in [2.24, 2.45) is 0 Å². The number of hydrogen-bond donors (Lipinski definition) is 1. The summed E-state index contributed by atoms with van der Waals surface area (Å²) in [4.78, 5) is 12.4. The average molecular weight is 352 g/mol. The van der Waals surface area contributed by atoms with Crippen LogP contribution >= 0.6 is 0 Å². The zero-order valence-electron chi connectivity index (χ0n) is 15.4. The third-order valence-corrected chi connectivity index (χ3v) is 4.52. The maximum Gasteiger partial charge on any atom is 0.255 e. The normalized spacial score (nSPS) is 10.7. The first-order valence-electron chi connectivity index (χ1n) is 8.69. The van der Waals surface area contributed by atoms with Gasteiger partial charge >= 0.3 is 0 Å². The molecule has 2 aromatic carbocycles. The number of nitrogens with zero attached hydrogens (tertiary/aromatic N) is 1. The molecule has 0 spiro atoms. The van der Waals surface area contributed by atoms with Gasteiger partial charge in [-0.1, -0.05) is 18.2 Å². The van der Waals surface area contributed by atoms with Crippen LogP contribution in [0.1, 0.15) is 22.5 Å². The van der Waals surface area contributed by atoms with Crippen LogP contribution in [-0.2, 0) is 6.54 Å². The minimum Gasteiger partial charge on any atom is -0.497 e. The standard InChI is InChI=1S/C21H24N2O3/c1-15-13-16-7-4-5-8-19(16)23(15)12-6-11-22-21(24)18-10-9-17(25-2)14-20(18)26-3/h4-5,7-10,13-14H,6,11-12H2,1-3H3,(H,22,24). The Kier molecular flexibility index (Phi) is 5.46. The van der Waals surface area contributed by atoms with Gasteiger partial charge in [0.15, 0.2) is 0 Å². The number of amides is 1. The molecule has 0 fully saturated rings. The Hall–Kier alpha value is -2.95. The van der Waals surface area contributed by atoms with Crippen molar-refractivity contribution in [1.29, 1.82) is 0 Å². The van der Waals surface area contributed by atoms with Crippen molar-refractivity contribution in [2.45, 2.75) is 19.9 Å². The average Bonchev–Trinajstić information content (AvgIpc) is 2.99. The molecule has 0 radical (unpaired) electrons. The Labute approximate surface area is 153 Å². The molecule has 26 heavy (non-hydrogen) atoms. The Bertz CT molecular complexity index is 915. The van der Waals surface area contributed by atoms with Crippen LogP contribution in [0.2, 0.25) is 0 Å². The van der Waals surface area contributed by atoms with Crippen molar-refractivity contribution >= 4 is 16.8 Å². The molecule has 0 saturated heterocycles. The summed E-state index contributed by atoms with van der Waals surface area (Å²) >= 11 is 0. The molecule has 1 aromatic heterocycles. The van der Waals surface area contributed by atoms with Crippen LogP contribution in [0.25, 0.3) is 10.9 Å². The molecule has 0 atom stereocenters. The van der Waals surface area contributed by atoms with Gasteiger partial charge in [-0.15, -0.1) is 0 Å². The van der Waals surface area contributed by atoms with Crippen molar-refractivity contribution in [3.8, 4) is 11.5 Å². The lowest BCUT2D eigenvalue weighted by atomic mass is 10.1. The van der Waals surface area contributed by atoms with E-state index in [1.54, 1.807) is 32.4 Å². The zero-order chi connectivity index (χ0) is 18.5. The minimum atomic E-state index is -0.140. The highest BCUT2D eigenvalue weighted by molar-refractivity contribution is 5.97. The predicted molar refractivity (Wildman–Crippen MR) is 103 cm³/mol. The van der Waals surface area contributed by atoms with Crippen LogP contribution in [0.15, 0.2) is 48.5 Å². The number of nitrogens with one attached hydrogen (secondary N) is 1. The second-order valence-electron chi connectivity index (χ2n) is 6.17. The summed E-state index contributed by atoms with van der Waals surface area (Å²) in [6.45, 7) is 3.57. The second-order valence-corrected chi connectivity index (χ2v) is 6.17. The number of aromatic nitrogens is 1. The van der Waals surface area contributed by atoms with Gasteiger partial charge in [-0.25, -0.2) is 0 Å². The minimum absolute atomic E-state index is 0.140. The van der Waals surface area contributed by atoms with Gasteiger partial charge in [-0.05, 0) is 43.0 Å². The van der Waals surface area contributed by atoms with Crippen LogP contribution in [-0.4, -0.2) is 31.2 Å². The van der Waals surface area contributed by atoms with E-state index in [4.69, 9.17) is 9.47 Å². The van der Waals surface area contributed by atoms with E-state index in [1.165, 1.54) is 16.6 Å². The van der Waals surface area contributed by atoms with E-state index in [-0.39, 0.29) is 5.91 Å². The van der Waals surface area contributed by atoms with Crippen LogP contribution in [0.5, 0.6) is 11.5 Å². The fourth-order valence-electron chi connectivity index (χ4n) is 3.17. The third kappa shape index (κ3) is 3.67. The van der Waals surface area contributed by atoms with Gasteiger partial charge in [-0.2, -0.15) is 0 Å². The summed E-state index contributed by atoms with van der Waals surface area (Å²) in [6.07, 6.45) is 0.851. The summed E-state index contributed by atoms with van der Waals surface area (Å²) < 4.78 is 12.7. The molecule has 0 bridgehead atoms. The zero-order valence-corrected chi connectivity index (χ0v) is 15.4. The summed E-state index contributed by atoms with van der Waals surface area (Å²) in [7, 11) is 3.13. The summed E-state index contributed by atoms with van der Waals surface area (Å²) in [6, 6.07) is 15.7.